The highest BCUT2D eigenvalue weighted by molar-refractivity contribution is 7.99. The van der Waals surface area contributed by atoms with Crippen molar-refractivity contribution < 1.29 is 22.0 Å². The third-order valence-corrected chi connectivity index (χ3v) is 6.71. The predicted octanol–water partition coefficient (Wildman–Crippen LogP) is 3.44. The van der Waals surface area contributed by atoms with Gasteiger partial charge in [-0.3, -0.25) is 9.10 Å². The van der Waals surface area contributed by atoms with Crippen LogP contribution in [0.3, 0.4) is 0 Å². The number of hydrogen-bond acceptors (Lipinski definition) is 6. The molecule has 170 valence electrons. The van der Waals surface area contributed by atoms with E-state index in [1.54, 1.807) is 11.6 Å². The van der Waals surface area contributed by atoms with Gasteiger partial charge in [0, 0.05) is 12.7 Å². The van der Waals surface area contributed by atoms with Crippen molar-refractivity contribution in [2.75, 3.05) is 21.6 Å². The third kappa shape index (κ3) is 5.96. The molecule has 0 unspecified atom stereocenters. The Morgan fingerprint density at radius 1 is 1.19 bits per heavy atom. The van der Waals surface area contributed by atoms with Crippen molar-refractivity contribution in [3.8, 4) is 0 Å². The van der Waals surface area contributed by atoms with Gasteiger partial charge < -0.3 is 9.88 Å². The predicted molar refractivity (Wildman–Crippen MR) is 119 cm³/mol. The van der Waals surface area contributed by atoms with E-state index in [2.05, 4.69) is 15.5 Å². The van der Waals surface area contributed by atoms with E-state index in [0.29, 0.717) is 16.7 Å². The Morgan fingerprint density at radius 2 is 1.88 bits per heavy atom. The zero-order valence-electron chi connectivity index (χ0n) is 16.9. The normalized spacial score (nSPS) is 11.4. The molecule has 8 nitrogen and oxygen atoms in total. The van der Waals surface area contributed by atoms with E-state index in [1.165, 1.54) is 36.4 Å². The fourth-order valence-electron chi connectivity index (χ4n) is 2.65. The fourth-order valence-corrected chi connectivity index (χ4v) is 4.41. The van der Waals surface area contributed by atoms with Gasteiger partial charge in [0.15, 0.2) is 11.0 Å². The summed E-state index contributed by atoms with van der Waals surface area (Å²) < 4.78 is 53.6. The highest BCUT2D eigenvalue weighted by Crippen LogP contribution is 2.23. The number of anilines is 2. The quantitative estimate of drug-likeness (QED) is 0.475. The van der Waals surface area contributed by atoms with Crippen LogP contribution in [0.1, 0.15) is 5.82 Å². The van der Waals surface area contributed by atoms with Crippen LogP contribution in [0.2, 0.25) is 5.02 Å². The summed E-state index contributed by atoms with van der Waals surface area (Å²) in [4.78, 5) is 12.2. The minimum atomic E-state index is -3.68. The Kier molecular flexibility index (Phi) is 7.36. The zero-order chi connectivity index (χ0) is 23.5. The van der Waals surface area contributed by atoms with Crippen LogP contribution in [0.4, 0.5) is 20.2 Å². The largest absolute Gasteiger partial charge is 0.325 e. The second-order valence-electron chi connectivity index (χ2n) is 6.67. The van der Waals surface area contributed by atoms with Crippen LogP contribution in [0, 0.1) is 11.6 Å². The Balaban J connectivity index is 1.68. The first-order valence-corrected chi connectivity index (χ1v) is 12.2. The van der Waals surface area contributed by atoms with Gasteiger partial charge in [-0.2, -0.15) is 0 Å². The third-order valence-electron chi connectivity index (χ3n) is 4.26. The molecule has 0 bridgehead atoms. The molecule has 1 amide bonds. The Hall–Kier alpha value is -2.70. The van der Waals surface area contributed by atoms with Crippen molar-refractivity contribution in [3.63, 3.8) is 0 Å². The van der Waals surface area contributed by atoms with E-state index < -0.39 is 21.7 Å². The van der Waals surface area contributed by atoms with Crippen LogP contribution >= 0.6 is 23.4 Å². The van der Waals surface area contributed by atoms with Gasteiger partial charge in [-0.05, 0) is 42.5 Å². The summed E-state index contributed by atoms with van der Waals surface area (Å²) in [5.41, 5.74) is 0.632. The highest BCUT2D eigenvalue weighted by atomic mass is 35.5. The van der Waals surface area contributed by atoms with Crippen molar-refractivity contribution in [2.24, 2.45) is 7.05 Å². The topological polar surface area (TPSA) is 97.2 Å². The van der Waals surface area contributed by atoms with Crippen molar-refractivity contribution in [2.45, 2.75) is 11.7 Å². The molecule has 3 rings (SSSR count). The Morgan fingerprint density at radius 3 is 2.50 bits per heavy atom. The first-order chi connectivity index (χ1) is 15.0. The van der Waals surface area contributed by atoms with Crippen LogP contribution in [0.25, 0.3) is 0 Å². The number of benzene rings is 2. The van der Waals surface area contributed by atoms with Crippen molar-refractivity contribution in [1.82, 2.24) is 14.8 Å². The summed E-state index contributed by atoms with van der Waals surface area (Å²) >= 11 is 6.79. The monoisotopic (exact) mass is 501 g/mol. The molecule has 1 aromatic heterocycles. The van der Waals surface area contributed by atoms with Gasteiger partial charge in [0.2, 0.25) is 15.9 Å². The van der Waals surface area contributed by atoms with Gasteiger partial charge in [0.05, 0.1) is 29.3 Å². The van der Waals surface area contributed by atoms with Crippen molar-refractivity contribution >= 4 is 50.7 Å². The smallest absolute Gasteiger partial charge is 0.234 e. The number of halogens is 3. The molecule has 1 N–H and O–H groups in total. The summed E-state index contributed by atoms with van der Waals surface area (Å²) in [5, 5.41) is 10.9. The minimum Gasteiger partial charge on any atom is -0.325 e. The van der Waals surface area contributed by atoms with Crippen LogP contribution < -0.4 is 9.62 Å². The number of thioether (sulfide) groups is 1. The maximum atomic E-state index is 13.2. The lowest BCUT2D eigenvalue weighted by atomic mass is 10.3. The molecule has 0 aliphatic rings. The second-order valence-corrected chi connectivity index (χ2v) is 9.93. The lowest BCUT2D eigenvalue weighted by Crippen LogP contribution is -2.30. The lowest BCUT2D eigenvalue weighted by molar-refractivity contribution is -0.113. The van der Waals surface area contributed by atoms with E-state index >= 15 is 0 Å². The molecule has 0 aliphatic carbocycles. The number of rotatable bonds is 8. The van der Waals surface area contributed by atoms with Crippen LogP contribution in [-0.4, -0.2) is 41.1 Å². The van der Waals surface area contributed by atoms with E-state index in [0.717, 1.165) is 28.4 Å². The SMILES string of the molecule is Cn1c(CN(c2ccc(F)cc2)S(C)(=O)=O)nnc1SCC(=O)Nc1ccc(F)c(Cl)c1. The fraction of sp³-hybridized carbons (Fsp3) is 0.211. The van der Waals surface area contributed by atoms with E-state index in [9.17, 15) is 22.0 Å². The van der Waals surface area contributed by atoms with Crippen molar-refractivity contribution in [3.05, 3.63) is 64.9 Å². The highest BCUT2D eigenvalue weighted by Gasteiger charge is 2.22. The van der Waals surface area contributed by atoms with Gasteiger partial charge in [0.25, 0.3) is 0 Å². The summed E-state index contributed by atoms with van der Waals surface area (Å²) in [6, 6.07) is 8.88. The molecule has 0 spiro atoms. The molecule has 0 fully saturated rings. The summed E-state index contributed by atoms with van der Waals surface area (Å²) in [6.45, 7) is -0.130. The van der Waals surface area contributed by atoms with Gasteiger partial charge in [-0.25, -0.2) is 17.2 Å². The van der Waals surface area contributed by atoms with Gasteiger partial charge in [-0.15, -0.1) is 10.2 Å². The van der Waals surface area contributed by atoms with E-state index in [1.807, 2.05) is 0 Å². The molecule has 0 atom stereocenters. The number of carbonyl (C=O) groups excluding carboxylic acids is 1. The summed E-state index contributed by atoms with van der Waals surface area (Å²) in [7, 11) is -2.04. The average molecular weight is 502 g/mol. The number of amides is 1. The number of aromatic nitrogens is 3. The molecule has 32 heavy (non-hydrogen) atoms. The van der Waals surface area contributed by atoms with E-state index in [-0.39, 0.29) is 28.9 Å². The molecule has 2 aromatic carbocycles. The number of nitrogens with zero attached hydrogens (tertiary/aromatic N) is 4. The molecule has 3 aromatic rings. The van der Waals surface area contributed by atoms with Gasteiger partial charge in [-0.1, -0.05) is 23.4 Å². The average Bonchev–Trinajstić information content (AvgIpc) is 3.07. The number of nitrogens with one attached hydrogen (secondary N) is 1. The van der Waals surface area contributed by atoms with Crippen LogP contribution in [0.5, 0.6) is 0 Å². The van der Waals surface area contributed by atoms with E-state index in [4.69, 9.17) is 11.6 Å². The molecule has 0 radical (unpaired) electrons. The molecule has 0 saturated carbocycles. The minimum absolute atomic E-state index is 0.0191. The maximum Gasteiger partial charge on any atom is 0.234 e. The molecule has 13 heteroatoms. The standard InChI is InChI=1S/C19H18ClF2N5O3S2/c1-26-17(10-27(32(2,29)30)14-6-3-12(21)4-7-14)24-25-19(26)31-11-18(28)23-13-5-8-16(22)15(20)9-13/h3-9H,10-11H2,1-2H3,(H,23,28). The number of sulfonamides is 1. The first-order valence-electron chi connectivity index (χ1n) is 9.04. The molecule has 1 heterocycles. The van der Waals surface area contributed by atoms with Gasteiger partial charge >= 0.3 is 0 Å². The Bertz CT molecular complexity index is 1240. The summed E-state index contributed by atoms with van der Waals surface area (Å²) in [5.74, 6) is -1.14. The summed E-state index contributed by atoms with van der Waals surface area (Å²) in [6.07, 6.45) is 1.04. The number of carbonyl (C=O) groups is 1. The molecule has 0 saturated heterocycles. The Labute approximate surface area is 192 Å². The second kappa shape index (κ2) is 9.84. The van der Waals surface area contributed by atoms with Crippen molar-refractivity contribution in [1.29, 1.82) is 0 Å². The van der Waals surface area contributed by atoms with Gasteiger partial charge in [0.1, 0.15) is 11.6 Å². The maximum absolute atomic E-state index is 13.2. The zero-order valence-corrected chi connectivity index (χ0v) is 19.3. The first kappa shape index (κ1) is 24.0. The molecular weight excluding hydrogens is 484 g/mol. The molecular formula is C19H18ClF2N5O3S2. The van der Waals surface area contributed by atoms with Crippen LogP contribution in [0.15, 0.2) is 47.6 Å². The molecule has 0 aliphatic heterocycles. The van der Waals surface area contributed by atoms with Crippen LogP contribution in [-0.2, 0) is 28.4 Å². The number of hydrogen-bond donors (Lipinski definition) is 1. The lowest BCUT2D eigenvalue weighted by Gasteiger charge is -2.21.